The van der Waals surface area contributed by atoms with Crippen LogP contribution in [0.2, 0.25) is 5.02 Å². The molecule has 3 aromatic rings. The van der Waals surface area contributed by atoms with Gasteiger partial charge in [0.25, 0.3) is 0 Å². The van der Waals surface area contributed by atoms with E-state index in [1.807, 2.05) is 24.3 Å². The van der Waals surface area contributed by atoms with Gasteiger partial charge in [0, 0.05) is 5.56 Å². The van der Waals surface area contributed by atoms with Gasteiger partial charge in [0.2, 0.25) is 0 Å². The highest BCUT2D eigenvalue weighted by atomic mass is 35.5. The first-order chi connectivity index (χ1) is 10.2. The van der Waals surface area contributed by atoms with Gasteiger partial charge >= 0.3 is 0 Å². The molecule has 0 radical (unpaired) electrons. The third kappa shape index (κ3) is 2.41. The second-order valence-corrected chi connectivity index (χ2v) is 4.73. The summed E-state index contributed by atoms with van der Waals surface area (Å²) in [4.78, 5) is 0. The molecule has 0 aliphatic rings. The van der Waals surface area contributed by atoms with Crippen LogP contribution in [0, 0.1) is 0 Å². The quantitative estimate of drug-likeness (QED) is 0.752. The Morgan fingerprint density at radius 3 is 2.76 bits per heavy atom. The number of hydrogen-bond acceptors (Lipinski definition) is 5. The second-order valence-electron chi connectivity index (χ2n) is 4.32. The minimum Gasteiger partial charge on any atom is -0.495 e. The Morgan fingerprint density at radius 1 is 1.19 bits per heavy atom. The van der Waals surface area contributed by atoms with Gasteiger partial charge in [-0.05, 0) is 40.8 Å². The number of tetrazole rings is 1. The Labute approximate surface area is 126 Å². The number of methoxy groups -OCH3 is 1. The van der Waals surface area contributed by atoms with Gasteiger partial charge in [-0.25, -0.2) is 0 Å². The summed E-state index contributed by atoms with van der Waals surface area (Å²) in [5.41, 5.74) is 7.86. The van der Waals surface area contributed by atoms with Gasteiger partial charge in [0.15, 0.2) is 5.82 Å². The molecule has 2 N–H and O–H groups in total. The molecule has 0 unspecified atom stereocenters. The molecule has 21 heavy (non-hydrogen) atoms. The highest BCUT2D eigenvalue weighted by Crippen LogP contribution is 2.29. The molecule has 106 valence electrons. The van der Waals surface area contributed by atoms with Crippen LogP contribution in [0.3, 0.4) is 0 Å². The molecule has 1 aromatic heterocycles. The molecule has 0 saturated heterocycles. The summed E-state index contributed by atoms with van der Waals surface area (Å²) < 4.78 is 6.80. The van der Waals surface area contributed by atoms with Gasteiger partial charge in [-0.15, -0.1) is 5.10 Å². The van der Waals surface area contributed by atoms with E-state index < -0.39 is 0 Å². The summed E-state index contributed by atoms with van der Waals surface area (Å²) in [5, 5.41) is 12.3. The topological polar surface area (TPSA) is 78.9 Å². The Hall–Kier alpha value is -2.60. The predicted molar refractivity (Wildman–Crippen MR) is 80.6 cm³/mol. The van der Waals surface area contributed by atoms with Gasteiger partial charge in [0.1, 0.15) is 5.75 Å². The summed E-state index contributed by atoms with van der Waals surface area (Å²) in [7, 11) is 1.56. The van der Waals surface area contributed by atoms with Crippen molar-refractivity contribution in [3.8, 4) is 22.8 Å². The number of rotatable bonds is 3. The lowest BCUT2D eigenvalue weighted by atomic mass is 10.1. The average molecular weight is 302 g/mol. The summed E-state index contributed by atoms with van der Waals surface area (Å²) >= 11 is 6.20. The van der Waals surface area contributed by atoms with E-state index in [0.717, 1.165) is 5.56 Å². The van der Waals surface area contributed by atoms with Crippen LogP contribution in [0.4, 0.5) is 5.69 Å². The van der Waals surface area contributed by atoms with Crippen molar-refractivity contribution >= 4 is 17.3 Å². The van der Waals surface area contributed by atoms with Crippen LogP contribution >= 0.6 is 11.6 Å². The van der Waals surface area contributed by atoms with Crippen molar-refractivity contribution < 1.29 is 4.74 Å². The van der Waals surface area contributed by atoms with Crippen molar-refractivity contribution in [2.75, 3.05) is 12.8 Å². The van der Waals surface area contributed by atoms with E-state index in [0.29, 0.717) is 28.0 Å². The summed E-state index contributed by atoms with van der Waals surface area (Å²) in [5.74, 6) is 1.13. The van der Waals surface area contributed by atoms with E-state index in [-0.39, 0.29) is 0 Å². The van der Waals surface area contributed by atoms with Gasteiger partial charge in [0.05, 0.1) is 23.5 Å². The van der Waals surface area contributed by atoms with Crippen molar-refractivity contribution in [2.45, 2.75) is 0 Å². The van der Waals surface area contributed by atoms with Gasteiger partial charge in [-0.1, -0.05) is 23.7 Å². The van der Waals surface area contributed by atoms with Crippen LogP contribution in [0.5, 0.6) is 5.75 Å². The zero-order valence-electron chi connectivity index (χ0n) is 11.2. The fourth-order valence-electron chi connectivity index (χ4n) is 2.00. The first kappa shape index (κ1) is 13.4. The Bertz CT molecular complexity index is 787. The van der Waals surface area contributed by atoms with Crippen LogP contribution in [0.15, 0.2) is 42.5 Å². The molecule has 2 aromatic carbocycles. The molecule has 0 aliphatic heterocycles. The molecule has 0 bridgehead atoms. The molecule has 0 atom stereocenters. The number of benzene rings is 2. The third-order valence-corrected chi connectivity index (χ3v) is 3.36. The third-order valence-electron chi connectivity index (χ3n) is 3.04. The summed E-state index contributed by atoms with van der Waals surface area (Å²) in [6, 6.07) is 12.7. The Kier molecular flexibility index (Phi) is 3.45. The Balaban J connectivity index is 2.14. The standard InChI is InChI=1S/C14H12ClN5O/c1-21-13-8-9(6-7-11(13)16)14-17-18-19-20(14)12-5-3-2-4-10(12)15/h2-8H,16H2,1H3. The molecule has 0 aliphatic carbocycles. The lowest BCUT2D eigenvalue weighted by Gasteiger charge is -2.09. The molecule has 1 heterocycles. The largest absolute Gasteiger partial charge is 0.495 e. The van der Waals surface area contributed by atoms with Gasteiger partial charge in [-0.3, -0.25) is 0 Å². The molecule has 0 saturated carbocycles. The van der Waals surface area contributed by atoms with Crippen LogP contribution in [-0.2, 0) is 0 Å². The number of aromatic nitrogens is 4. The SMILES string of the molecule is COc1cc(-c2nnnn2-c2ccccc2Cl)ccc1N. The fraction of sp³-hybridized carbons (Fsp3) is 0.0714. The van der Waals surface area contributed by atoms with Gasteiger partial charge in [-0.2, -0.15) is 4.68 Å². The van der Waals surface area contributed by atoms with Crippen molar-refractivity contribution in [3.05, 3.63) is 47.5 Å². The second kappa shape index (κ2) is 5.41. The van der Waals surface area contributed by atoms with Crippen molar-refractivity contribution in [1.29, 1.82) is 0 Å². The number of halogens is 1. The Morgan fingerprint density at radius 2 is 2.00 bits per heavy atom. The fourth-order valence-corrected chi connectivity index (χ4v) is 2.22. The molecular weight excluding hydrogens is 290 g/mol. The van der Waals surface area contributed by atoms with Crippen molar-refractivity contribution in [3.63, 3.8) is 0 Å². The van der Waals surface area contributed by atoms with Crippen LogP contribution in [-0.4, -0.2) is 27.3 Å². The smallest absolute Gasteiger partial charge is 0.187 e. The number of nitrogens with zero attached hydrogens (tertiary/aromatic N) is 4. The minimum absolute atomic E-state index is 0.554. The predicted octanol–water partition coefficient (Wildman–Crippen LogP) is 2.57. The van der Waals surface area contributed by atoms with Crippen molar-refractivity contribution in [2.24, 2.45) is 0 Å². The lowest BCUT2D eigenvalue weighted by molar-refractivity contribution is 0.417. The number of ether oxygens (including phenoxy) is 1. The van der Waals surface area contributed by atoms with Crippen LogP contribution in [0.1, 0.15) is 0 Å². The monoisotopic (exact) mass is 301 g/mol. The maximum atomic E-state index is 6.20. The first-order valence-electron chi connectivity index (χ1n) is 6.18. The zero-order chi connectivity index (χ0) is 14.8. The minimum atomic E-state index is 0.554. The maximum absolute atomic E-state index is 6.20. The number of nitrogens with two attached hydrogens (primary N) is 1. The average Bonchev–Trinajstić information content (AvgIpc) is 2.97. The van der Waals surface area contributed by atoms with E-state index in [1.54, 1.807) is 30.0 Å². The first-order valence-corrected chi connectivity index (χ1v) is 6.55. The molecular formula is C14H12ClN5O. The highest BCUT2D eigenvalue weighted by molar-refractivity contribution is 6.32. The number of para-hydroxylation sites is 1. The zero-order valence-corrected chi connectivity index (χ0v) is 11.9. The van der Waals surface area contributed by atoms with E-state index in [9.17, 15) is 0 Å². The van der Waals surface area contributed by atoms with E-state index in [2.05, 4.69) is 15.5 Å². The number of anilines is 1. The van der Waals surface area contributed by atoms with Crippen LogP contribution in [0.25, 0.3) is 17.1 Å². The van der Waals surface area contributed by atoms with E-state index in [4.69, 9.17) is 22.1 Å². The lowest BCUT2D eigenvalue weighted by Crippen LogP contribution is -2.01. The molecule has 6 nitrogen and oxygen atoms in total. The highest BCUT2D eigenvalue weighted by Gasteiger charge is 2.14. The number of nitrogen functional groups attached to an aromatic ring is 1. The van der Waals surface area contributed by atoms with Crippen LogP contribution < -0.4 is 10.5 Å². The number of hydrogen-bond donors (Lipinski definition) is 1. The van der Waals surface area contributed by atoms with E-state index in [1.165, 1.54) is 0 Å². The molecule has 3 rings (SSSR count). The normalized spacial score (nSPS) is 10.6. The molecule has 0 fully saturated rings. The van der Waals surface area contributed by atoms with Crippen molar-refractivity contribution in [1.82, 2.24) is 20.2 Å². The maximum Gasteiger partial charge on any atom is 0.187 e. The summed E-state index contributed by atoms with van der Waals surface area (Å²) in [6.45, 7) is 0. The molecule has 0 amide bonds. The molecule has 0 spiro atoms. The van der Waals surface area contributed by atoms with Gasteiger partial charge < -0.3 is 10.5 Å². The van der Waals surface area contributed by atoms with E-state index >= 15 is 0 Å². The molecule has 7 heteroatoms. The summed E-state index contributed by atoms with van der Waals surface area (Å²) in [6.07, 6.45) is 0.